The highest BCUT2D eigenvalue weighted by atomic mass is 19.4. The van der Waals surface area contributed by atoms with Crippen molar-refractivity contribution < 1.29 is 27.5 Å². The molecule has 0 atom stereocenters. The Hall–Kier alpha value is -3.89. The average Bonchev–Trinajstić information content (AvgIpc) is 3.31. The fraction of sp³-hybridized carbons (Fsp3) is 0.385. The predicted octanol–water partition coefficient (Wildman–Crippen LogP) is 5.65. The molecule has 1 fully saturated rings. The van der Waals surface area contributed by atoms with Gasteiger partial charge in [0.2, 0.25) is 0 Å². The third-order valence-electron chi connectivity index (χ3n) is 5.90. The molecule has 37 heavy (non-hydrogen) atoms. The molecule has 3 heterocycles. The lowest BCUT2D eigenvalue weighted by Gasteiger charge is -2.33. The van der Waals surface area contributed by atoms with E-state index in [1.165, 1.54) is 12.3 Å². The second-order valence-electron chi connectivity index (χ2n) is 9.84. The molecule has 0 spiro atoms. The minimum absolute atomic E-state index is 0.161. The van der Waals surface area contributed by atoms with Gasteiger partial charge in [-0.05, 0) is 69.4 Å². The zero-order chi connectivity index (χ0) is 26.8. The zero-order valence-corrected chi connectivity index (χ0v) is 20.7. The summed E-state index contributed by atoms with van der Waals surface area (Å²) in [4.78, 5) is 30.7. The summed E-state index contributed by atoms with van der Waals surface area (Å²) >= 11 is 0. The van der Waals surface area contributed by atoms with Gasteiger partial charge in [-0.1, -0.05) is 18.2 Å². The van der Waals surface area contributed by atoms with Crippen molar-refractivity contribution in [3.63, 3.8) is 0 Å². The van der Waals surface area contributed by atoms with Crippen LogP contribution in [-0.2, 0) is 10.9 Å². The molecule has 0 radical (unpaired) electrons. The molecule has 2 aromatic heterocycles. The Morgan fingerprint density at radius 3 is 2.27 bits per heavy atom. The number of likely N-dealkylation sites (tertiary alicyclic amines) is 1. The maximum Gasteiger partial charge on any atom is 0.435 e. The van der Waals surface area contributed by atoms with Crippen LogP contribution in [0.3, 0.4) is 0 Å². The second kappa shape index (κ2) is 10.2. The van der Waals surface area contributed by atoms with Crippen molar-refractivity contribution >= 4 is 17.7 Å². The fourth-order valence-corrected chi connectivity index (χ4v) is 4.12. The van der Waals surface area contributed by atoms with Gasteiger partial charge in [0.25, 0.3) is 5.91 Å². The van der Waals surface area contributed by atoms with Crippen molar-refractivity contribution in [3.05, 3.63) is 71.7 Å². The SMILES string of the molecule is CC(C)(C)OC(=O)N1CCC(c2ccc(NC(=O)c3cn(-c4ccccn4)nc3C(F)(F)F)cc2)CC1. The van der Waals surface area contributed by atoms with E-state index in [2.05, 4.69) is 15.4 Å². The van der Waals surface area contributed by atoms with Crippen molar-refractivity contribution in [2.24, 2.45) is 0 Å². The lowest BCUT2D eigenvalue weighted by molar-refractivity contribution is -0.141. The van der Waals surface area contributed by atoms with Crippen molar-refractivity contribution in [2.45, 2.75) is 51.3 Å². The van der Waals surface area contributed by atoms with E-state index >= 15 is 0 Å². The molecule has 2 amide bonds. The van der Waals surface area contributed by atoms with Crippen LogP contribution in [0.1, 0.15) is 61.1 Å². The number of hydrogen-bond donors (Lipinski definition) is 1. The zero-order valence-electron chi connectivity index (χ0n) is 20.7. The molecule has 3 aromatic rings. The molecule has 0 saturated carbocycles. The number of hydrogen-bond acceptors (Lipinski definition) is 5. The molecule has 0 unspecified atom stereocenters. The number of nitrogens with zero attached hydrogens (tertiary/aromatic N) is 4. The van der Waals surface area contributed by atoms with Crippen LogP contribution >= 0.6 is 0 Å². The highest BCUT2D eigenvalue weighted by Crippen LogP contribution is 2.32. The number of anilines is 1. The maximum absolute atomic E-state index is 13.6. The van der Waals surface area contributed by atoms with Crippen molar-refractivity contribution in [2.75, 3.05) is 18.4 Å². The molecule has 1 aliphatic heterocycles. The first kappa shape index (κ1) is 26.2. The number of alkyl halides is 3. The van der Waals surface area contributed by atoms with E-state index in [4.69, 9.17) is 4.74 Å². The van der Waals surface area contributed by atoms with Gasteiger partial charge in [-0.15, -0.1) is 0 Å². The second-order valence-corrected chi connectivity index (χ2v) is 9.84. The summed E-state index contributed by atoms with van der Waals surface area (Å²) in [7, 11) is 0. The maximum atomic E-state index is 13.6. The van der Waals surface area contributed by atoms with E-state index in [0.717, 1.165) is 29.3 Å². The van der Waals surface area contributed by atoms with Gasteiger partial charge in [0.1, 0.15) is 5.60 Å². The summed E-state index contributed by atoms with van der Waals surface area (Å²) in [6.07, 6.45) is -1.18. The number of pyridine rings is 1. The Morgan fingerprint density at radius 2 is 1.70 bits per heavy atom. The number of nitrogens with one attached hydrogen (secondary N) is 1. The predicted molar refractivity (Wildman–Crippen MR) is 131 cm³/mol. The summed E-state index contributed by atoms with van der Waals surface area (Å²) in [5.41, 5.74) is -1.05. The monoisotopic (exact) mass is 515 g/mol. The number of benzene rings is 1. The molecule has 8 nitrogen and oxygen atoms in total. The number of carbonyl (C=O) groups is 2. The number of carbonyl (C=O) groups excluding carboxylic acids is 2. The molecular weight excluding hydrogens is 487 g/mol. The van der Waals surface area contributed by atoms with E-state index in [9.17, 15) is 22.8 Å². The number of aromatic nitrogens is 3. The highest BCUT2D eigenvalue weighted by Gasteiger charge is 2.39. The number of rotatable bonds is 4. The summed E-state index contributed by atoms with van der Waals surface area (Å²) in [6.45, 7) is 6.62. The minimum Gasteiger partial charge on any atom is -0.444 e. The first-order chi connectivity index (χ1) is 17.4. The molecule has 0 aliphatic carbocycles. The van der Waals surface area contributed by atoms with Crippen LogP contribution in [0.4, 0.5) is 23.7 Å². The van der Waals surface area contributed by atoms with Gasteiger partial charge in [-0.2, -0.15) is 18.3 Å². The van der Waals surface area contributed by atoms with Crippen molar-refractivity contribution in [1.82, 2.24) is 19.7 Å². The Labute approximate surface area is 212 Å². The van der Waals surface area contributed by atoms with Gasteiger partial charge in [0.05, 0.1) is 5.56 Å². The van der Waals surface area contributed by atoms with E-state index in [-0.39, 0.29) is 17.8 Å². The standard InChI is InChI=1S/C26H28F3N5O3/c1-25(2,3)37-24(36)33-14-11-18(12-15-33)17-7-9-19(10-8-17)31-23(35)20-16-34(21-6-4-5-13-30-21)32-22(20)26(27,28)29/h4-10,13,16,18H,11-12,14-15H2,1-3H3,(H,31,35). The van der Waals surface area contributed by atoms with E-state index in [0.29, 0.717) is 18.8 Å². The van der Waals surface area contributed by atoms with Crippen LogP contribution < -0.4 is 5.32 Å². The summed E-state index contributed by atoms with van der Waals surface area (Å²) in [5.74, 6) is -0.543. The van der Waals surface area contributed by atoms with Crippen LogP contribution in [0, 0.1) is 0 Å². The normalized spacial score (nSPS) is 14.9. The molecule has 1 N–H and O–H groups in total. The number of piperidine rings is 1. The Balaban J connectivity index is 1.42. The largest absolute Gasteiger partial charge is 0.444 e. The summed E-state index contributed by atoms with van der Waals surface area (Å²) in [6, 6.07) is 11.7. The molecule has 1 aliphatic rings. The molecule has 11 heteroatoms. The third-order valence-corrected chi connectivity index (χ3v) is 5.90. The Morgan fingerprint density at radius 1 is 1.03 bits per heavy atom. The summed E-state index contributed by atoms with van der Waals surface area (Å²) < 4.78 is 47.1. The van der Waals surface area contributed by atoms with E-state index < -0.39 is 28.9 Å². The van der Waals surface area contributed by atoms with E-state index in [1.807, 2.05) is 32.9 Å². The van der Waals surface area contributed by atoms with E-state index in [1.54, 1.807) is 29.2 Å². The lowest BCUT2D eigenvalue weighted by atomic mass is 9.89. The molecule has 196 valence electrons. The number of halogens is 3. The van der Waals surface area contributed by atoms with Gasteiger partial charge in [0.15, 0.2) is 11.5 Å². The quantitative estimate of drug-likeness (QED) is 0.485. The molecule has 1 saturated heterocycles. The fourth-order valence-electron chi connectivity index (χ4n) is 4.12. The molecular formula is C26H28F3N5O3. The van der Waals surface area contributed by atoms with Crippen LogP contribution in [0.2, 0.25) is 0 Å². The van der Waals surface area contributed by atoms with Gasteiger partial charge in [0, 0.05) is 31.2 Å². The smallest absolute Gasteiger partial charge is 0.435 e. The van der Waals surface area contributed by atoms with Crippen LogP contribution in [0.5, 0.6) is 0 Å². The average molecular weight is 516 g/mol. The number of amides is 2. The van der Waals surface area contributed by atoms with Gasteiger partial charge in [-0.3, -0.25) is 4.79 Å². The third kappa shape index (κ3) is 6.46. The molecule has 4 rings (SSSR count). The molecule has 1 aromatic carbocycles. The van der Waals surface area contributed by atoms with Gasteiger partial charge in [-0.25, -0.2) is 14.5 Å². The van der Waals surface area contributed by atoms with Crippen molar-refractivity contribution in [3.8, 4) is 5.82 Å². The number of ether oxygens (including phenoxy) is 1. The van der Waals surface area contributed by atoms with Gasteiger partial charge < -0.3 is 15.0 Å². The topological polar surface area (TPSA) is 89.4 Å². The van der Waals surface area contributed by atoms with Crippen molar-refractivity contribution in [1.29, 1.82) is 0 Å². The van der Waals surface area contributed by atoms with Gasteiger partial charge >= 0.3 is 12.3 Å². The van der Waals surface area contributed by atoms with Crippen LogP contribution in [0.25, 0.3) is 5.82 Å². The first-order valence-corrected chi connectivity index (χ1v) is 11.9. The molecule has 0 bridgehead atoms. The highest BCUT2D eigenvalue weighted by molar-refractivity contribution is 6.05. The lowest BCUT2D eigenvalue weighted by Crippen LogP contribution is -2.41. The Kier molecular flexibility index (Phi) is 7.24. The Bertz CT molecular complexity index is 1240. The first-order valence-electron chi connectivity index (χ1n) is 11.9. The summed E-state index contributed by atoms with van der Waals surface area (Å²) in [5, 5.41) is 6.09. The van der Waals surface area contributed by atoms with Crippen LogP contribution in [-0.4, -0.2) is 50.4 Å². The van der Waals surface area contributed by atoms with Crippen LogP contribution in [0.15, 0.2) is 54.9 Å². The minimum atomic E-state index is -4.81.